The molecule has 1 aliphatic heterocycles. The van der Waals surface area contributed by atoms with E-state index in [1.165, 1.54) is 12.1 Å². The molecule has 5 rings (SSSR count). The van der Waals surface area contributed by atoms with Gasteiger partial charge in [-0.3, -0.25) is 9.59 Å². The van der Waals surface area contributed by atoms with Crippen LogP contribution in [0.3, 0.4) is 0 Å². The normalized spacial score (nSPS) is 40.3. The van der Waals surface area contributed by atoms with Crippen molar-refractivity contribution in [2.45, 2.75) is 83.7 Å². The van der Waals surface area contributed by atoms with Crippen LogP contribution in [0.1, 0.15) is 69.9 Å². The predicted molar refractivity (Wildman–Crippen MR) is 127 cm³/mol. The second-order valence-electron chi connectivity index (χ2n) is 12.1. The summed E-state index contributed by atoms with van der Waals surface area (Å²) in [6.45, 7) is 4.19. The van der Waals surface area contributed by atoms with Crippen molar-refractivity contribution >= 4 is 11.8 Å². The Balaban J connectivity index is 1.31. The zero-order valence-electron chi connectivity index (χ0n) is 21.2. The monoisotopic (exact) mass is 508 g/mol. The molecule has 3 aliphatic carbocycles. The number of likely N-dealkylation sites (tertiary alicyclic amines) is 1. The topological polar surface area (TPSA) is 49.4 Å². The second kappa shape index (κ2) is 8.73. The Hall–Kier alpha value is -2.12. The van der Waals surface area contributed by atoms with Gasteiger partial charge in [-0.2, -0.15) is 13.2 Å². The number of hydrogen-bond donors (Lipinski definition) is 1. The molecule has 2 amide bonds. The van der Waals surface area contributed by atoms with Crippen molar-refractivity contribution in [3.63, 3.8) is 0 Å². The molecule has 198 valence electrons. The smallest absolute Gasteiger partial charge is 0.352 e. The first-order valence-electron chi connectivity index (χ1n) is 13.2. The van der Waals surface area contributed by atoms with Crippen LogP contribution in [0.2, 0.25) is 0 Å². The van der Waals surface area contributed by atoms with Crippen molar-refractivity contribution in [2.75, 3.05) is 7.05 Å². The lowest BCUT2D eigenvalue weighted by Crippen LogP contribution is -2.64. The molecule has 0 spiro atoms. The summed E-state index contributed by atoms with van der Waals surface area (Å²) in [4.78, 5) is 27.3. The van der Waals surface area contributed by atoms with Gasteiger partial charge in [0.2, 0.25) is 5.91 Å². The SMILES string of the molecule is CN1C(=O)C(F)C[C@@]2(C)C1CC[C@@H]1[C@H]2CC[C@]2(C)C(C(=O)NCc3ccccc3C(F)(F)F)CC[C@@H]12. The maximum absolute atomic E-state index is 14.7. The number of hydrogen-bond acceptors (Lipinski definition) is 2. The van der Waals surface area contributed by atoms with Crippen LogP contribution in [-0.2, 0) is 22.3 Å². The van der Waals surface area contributed by atoms with Crippen molar-refractivity contribution in [3.05, 3.63) is 35.4 Å². The maximum Gasteiger partial charge on any atom is 0.416 e. The molecule has 36 heavy (non-hydrogen) atoms. The number of nitrogens with one attached hydrogen (secondary N) is 1. The highest BCUT2D eigenvalue weighted by Crippen LogP contribution is 2.66. The van der Waals surface area contributed by atoms with Gasteiger partial charge in [0.05, 0.1) is 5.56 Å². The molecule has 4 aliphatic rings. The summed E-state index contributed by atoms with van der Waals surface area (Å²) in [5.74, 6) is 0.208. The molecular weight excluding hydrogens is 472 g/mol. The minimum atomic E-state index is -4.46. The second-order valence-corrected chi connectivity index (χ2v) is 12.1. The van der Waals surface area contributed by atoms with Crippen LogP contribution in [0.15, 0.2) is 24.3 Å². The largest absolute Gasteiger partial charge is 0.416 e. The van der Waals surface area contributed by atoms with E-state index >= 15 is 0 Å². The molecule has 1 aromatic carbocycles. The molecule has 3 saturated carbocycles. The van der Waals surface area contributed by atoms with Crippen molar-refractivity contribution in [1.82, 2.24) is 10.2 Å². The van der Waals surface area contributed by atoms with Gasteiger partial charge >= 0.3 is 6.18 Å². The zero-order valence-corrected chi connectivity index (χ0v) is 21.2. The molecule has 3 unspecified atom stereocenters. The Bertz CT molecular complexity index is 1040. The molecule has 0 bridgehead atoms. The number of fused-ring (bicyclic) bond motifs is 5. The molecule has 4 nitrogen and oxygen atoms in total. The summed E-state index contributed by atoms with van der Waals surface area (Å²) in [5.41, 5.74) is -1.13. The first-order valence-corrected chi connectivity index (χ1v) is 13.2. The van der Waals surface area contributed by atoms with Crippen molar-refractivity contribution < 1.29 is 27.2 Å². The lowest BCUT2D eigenvalue weighted by Gasteiger charge is -2.62. The summed E-state index contributed by atoms with van der Waals surface area (Å²) in [6, 6.07) is 5.42. The van der Waals surface area contributed by atoms with Crippen LogP contribution in [0.25, 0.3) is 0 Å². The highest BCUT2D eigenvalue weighted by Gasteiger charge is 2.63. The van der Waals surface area contributed by atoms with E-state index in [-0.39, 0.29) is 47.2 Å². The minimum absolute atomic E-state index is 0.0526. The number of piperidine rings is 1. The van der Waals surface area contributed by atoms with E-state index in [4.69, 9.17) is 0 Å². The number of nitrogens with zero attached hydrogens (tertiary/aromatic N) is 1. The number of benzene rings is 1. The van der Waals surface area contributed by atoms with Crippen LogP contribution >= 0.6 is 0 Å². The van der Waals surface area contributed by atoms with Crippen molar-refractivity contribution in [1.29, 1.82) is 0 Å². The summed E-state index contributed by atoms with van der Waals surface area (Å²) in [5, 5.41) is 2.82. The van der Waals surface area contributed by atoms with Gasteiger partial charge in [-0.15, -0.1) is 0 Å². The van der Waals surface area contributed by atoms with Crippen molar-refractivity contribution in [3.8, 4) is 0 Å². The molecule has 4 fully saturated rings. The molecule has 1 N–H and O–H groups in total. The molecule has 1 heterocycles. The summed E-state index contributed by atoms with van der Waals surface area (Å²) in [7, 11) is 1.73. The Labute approximate surface area is 210 Å². The van der Waals surface area contributed by atoms with Gasteiger partial charge in [0.1, 0.15) is 0 Å². The van der Waals surface area contributed by atoms with E-state index in [0.717, 1.165) is 44.6 Å². The summed E-state index contributed by atoms with van der Waals surface area (Å²) in [6.07, 6.45) is -0.469. The first-order chi connectivity index (χ1) is 16.9. The highest BCUT2D eigenvalue weighted by atomic mass is 19.4. The van der Waals surface area contributed by atoms with Crippen LogP contribution in [-0.4, -0.2) is 36.0 Å². The lowest BCUT2D eigenvalue weighted by atomic mass is 9.46. The number of halogens is 4. The van der Waals surface area contributed by atoms with Gasteiger partial charge < -0.3 is 10.2 Å². The van der Waals surface area contributed by atoms with E-state index in [0.29, 0.717) is 17.8 Å². The molecule has 1 aromatic rings. The van der Waals surface area contributed by atoms with Gasteiger partial charge in [-0.25, -0.2) is 4.39 Å². The fourth-order valence-electron chi connectivity index (χ4n) is 8.89. The number of carbonyl (C=O) groups excluding carboxylic acids is 2. The maximum atomic E-state index is 14.7. The number of rotatable bonds is 3. The predicted octanol–water partition coefficient (Wildman–Crippen LogP) is 5.75. The van der Waals surface area contributed by atoms with Gasteiger partial charge in [-0.05, 0) is 85.2 Å². The number of carbonyl (C=O) groups is 2. The van der Waals surface area contributed by atoms with Gasteiger partial charge in [0, 0.05) is 25.6 Å². The molecule has 8 atom stereocenters. The standard InChI is InChI=1S/C28H36F4N2O2/c1-26-13-12-20-17(8-11-23-27(20,2)14-22(29)25(36)34(23)3)19(26)9-10-21(26)24(35)33-15-16-6-4-5-7-18(16)28(30,31)32/h4-7,17,19-23H,8-15H2,1-3H3,(H,33,35)/t17-,19-,20+,21?,22?,23?,26-,27+/m0/s1. The van der Waals surface area contributed by atoms with E-state index in [9.17, 15) is 27.2 Å². The van der Waals surface area contributed by atoms with Gasteiger partial charge in [-0.1, -0.05) is 32.0 Å². The van der Waals surface area contributed by atoms with E-state index < -0.39 is 23.8 Å². The Kier molecular flexibility index (Phi) is 6.19. The Morgan fingerprint density at radius 1 is 1.06 bits per heavy atom. The zero-order chi connectivity index (χ0) is 26.0. The quantitative estimate of drug-likeness (QED) is 0.529. The van der Waals surface area contributed by atoms with Crippen molar-refractivity contribution in [2.24, 2.45) is 34.5 Å². The third-order valence-electron chi connectivity index (χ3n) is 10.6. The fourth-order valence-corrected chi connectivity index (χ4v) is 8.89. The van der Waals surface area contributed by atoms with E-state index in [1.54, 1.807) is 18.0 Å². The average molecular weight is 509 g/mol. The molecular formula is C28H36F4N2O2. The van der Waals surface area contributed by atoms with Crippen LogP contribution < -0.4 is 5.32 Å². The van der Waals surface area contributed by atoms with Crippen LogP contribution in [0.4, 0.5) is 17.6 Å². The van der Waals surface area contributed by atoms with Crippen LogP contribution in [0.5, 0.6) is 0 Å². The summed E-state index contributed by atoms with van der Waals surface area (Å²) < 4.78 is 54.9. The minimum Gasteiger partial charge on any atom is -0.352 e. The third-order valence-corrected chi connectivity index (χ3v) is 10.6. The molecule has 0 aromatic heterocycles. The molecule has 0 radical (unpaired) electrons. The Morgan fingerprint density at radius 2 is 1.75 bits per heavy atom. The van der Waals surface area contributed by atoms with Gasteiger partial charge in [0.15, 0.2) is 6.17 Å². The first kappa shape index (κ1) is 25.5. The van der Waals surface area contributed by atoms with Gasteiger partial charge in [0.25, 0.3) is 5.91 Å². The number of amides is 2. The number of alkyl halides is 4. The average Bonchev–Trinajstić information content (AvgIpc) is 3.18. The fraction of sp³-hybridized carbons (Fsp3) is 0.714. The van der Waals surface area contributed by atoms with E-state index in [1.807, 2.05) is 0 Å². The lowest BCUT2D eigenvalue weighted by molar-refractivity contribution is -0.169. The molecule has 8 heteroatoms. The molecule has 1 saturated heterocycles. The summed E-state index contributed by atoms with van der Waals surface area (Å²) >= 11 is 0. The highest BCUT2D eigenvalue weighted by molar-refractivity contribution is 5.82. The van der Waals surface area contributed by atoms with Crippen LogP contribution in [0, 0.1) is 34.5 Å². The van der Waals surface area contributed by atoms with E-state index in [2.05, 4.69) is 19.2 Å². The third kappa shape index (κ3) is 3.85. The Morgan fingerprint density at radius 3 is 2.47 bits per heavy atom.